The van der Waals surface area contributed by atoms with Crippen molar-refractivity contribution >= 4 is 22.7 Å². The van der Waals surface area contributed by atoms with Crippen molar-refractivity contribution in [2.45, 2.75) is 31.3 Å². The summed E-state index contributed by atoms with van der Waals surface area (Å²) in [5, 5.41) is 0. The van der Waals surface area contributed by atoms with Gasteiger partial charge in [0, 0.05) is 16.9 Å². The van der Waals surface area contributed by atoms with E-state index in [-0.39, 0.29) is 19.6 Å². The van der Waals surface area contributed by atoms with Crippen LogP contribution in [0.2, 0.25) is 0 Å². The summed E-state index contributed by atoms with van der Waals surface area (Å²) in [4.78, 5) is 26.1. The van der Waals surface area contributed by atoms with Gasteiger partial charge in [0.25, 0.3) is 0 Å². The molecule has 7 heteroatoms. The first-order valence-electron chi connectivity index (χ1n) is 8.57. The standard InChI is InChI=1S/C19H24O6S/c1-4-24-18(20)15-11-14(26(22)13-9-7-6-8-10-13)12-16(23-3)17(15)19(21)25-5-2/h6-10,12,15-17H,4-5,11H2,1-3H3/t15-,16-,17-,26?/m0/s1. The van der Waals surface area contributed by atoms with E-state index in [0.29, 0.717) is 9.80 Å². The lowest BCUT2D eigenvalue weighted by Crippen LogP contribution is -2.43. The van der Waals surface area contributed by atoms with Gasteiger partial charge < -0.3 is 14.2 Å². The Morgan fingerprint density at radius 1 is 1.08 bits per heavy atom. The van der Waals surface area contributed by atoms with Gasteiger partial charge in [-0.3, -0.25) is 9.59 Å². The summed E-state index contributed by atoms with van der Waals surface area (Å²) >= 11 is 0. The fourth-order valence-electron chi connectivity index (χ4n) is 2.99. The van der Waals surface area contributed by atoms with Crippen LogP contribution in [-0.2, 0) is 34.6 Å². The summed E-state index contributed by atoms with van der Waals surface area (Å²) in [5.41, 5.74) is 0. The molecule has 26 heavy (non-hydrogen) atoms. The molecule has 1 aliphatic rings. The number of allylic oxidation sites excluding steroid dienone is 1. The van der Waals surface area contributed by atoms with Crippen LogP contribution in [0.25, 0.3) is 0 Å². The summed E-state index contributed by atoms with van der Waals surface area (Å²) in [7, 11) is 0.00439. The molecule has 0 fully saturated rings. The van der Waals surface area contributed by atoms with E-state index in [1.807, 2.05) is 6.07 Å². The number of hydrogen-bond donors (Lipinski definition) is 0. The Balaban J connectivity index is 2.38. The number of esters is 2. The second kappa shape index (κ2) is 9.64. The maximum Gasteiger partial charge on any atom is 0.312 e. The van der Waals surface area contributed by atoms with Crippen molar-refractivity contribution < 1.29 is 28.0 Å². The predicted molar refractivity (Wildman–Crippen MR) is 96.6 cm³/mol. The van der Waals surface area contributed by atoms with E-state index in [9.17, 15) is 13.8 Å². The van der Waals surface area contributed by atoms with Crippen molar-refractivity contribution in [2.75, 3.05) is 20.3 Å². The summed E-state index contributed by atoms with van der Waals surface area (Å²) in [6.45, 7) is 3.80. The summed E-state index contributed by atoms with van der Waals surface area (Å²) in [6.07, 6.45) is 1.12. The monoisotopic (exact) mass is 380 g/mol. The Morgan fingerprint density at radius 2 is 1.69 bits per heavy atom. The third-order valence-electron chi connectivity index (χ3n) is 4.17. The molecule has 0 bridgehead atoms. The molecule has 6 nitrogen and oxygen atoms in total. The second-order valence-electron chi connectivity index (χ2n) is 5.76. The fourth-order valence-corrected chi connectivity index (χ4v) is 4.29. The molecular formula is C19H24O6S. The van der Waals surface area contributed by atoms with Crippen molar-refractivity contribution in [3.8, 4) is 0 Å². The lowest BCUT2D eigenvalue weighted by molar-refractivity contribution is -0.165. The molecule has 142 valence electrons. The van der Waals surface area contributed by atoms with Crippen LogP contribution in [0.15, 0.2) is 46.2 Å². The molecule has 0 spiro atoms. The predicted octanol–water partition coefficient (Wildman–Crippen LogP) is 2.46. The quantitative estimate of drug-likeness (QED) is 0.676. The van der Waals surface area contributed by atoms with Crippen LogP contribution < -0.4 is 0 Å². The smallest absolute Gasteiger partial charge is 0.312 e. The van der Waals surface area contributed by atoms with Crippen LogP contribution in [-0.4, -0.2) is 42.6 Å². The highest BCUT2D eigenvalue weighted by atomic mass is 32.2. The summed E-state index contributed by atoms with van der Waals surface area (Å²) < 4.78 is 28.6. The molecule has 4 atom stereocenters. The van der Waals surface area contributed by atoms with E-state index in [1.165, 1.54) is 7.11 Å². The molecule has 1 unspecified atom stereocenters. The number of methoxy groups -OCH3 is 1. The molecular weight excluding hydrogens is 356 g/mol. The van der Waals surface area contributed by atoms with Crippen LogP contribution in [0.3, 0.4) is 0 Å². The van der Waals surface area contributed by atoms with Gasteiger partial charge in [-0.25, -0.2) is 4.21 Å². The number of hydrogen-bond acceptors (Lipinski definition) is 6. The van der Waals surface area contributed by atoms with Crippen LogP contribution in [0.4, 0.5) is 0 Å². The molecule has 2 rings (SSSR count). The highest BCUT2D eigenvalue weighted by Crippen LogP contribution is 2.36. The SMILES string of the molecule is CCOC(=O)[C@@H]1[C@@H](OC)C=C(S(=O)c2ccccc2)C[C@@H]1C(=O)OCC. The molecule has 0 saturated heterocycles. The van der Waals surface area contributed by atoms with Gasteiger partial charge in [-0.1, -0.05) is 18.2 Å². The summed E-state index contributed by atoms with van der Waals surface area (Å²) in [6, 6.07) is 8.96. The van der Waals surface area contributed by atoms with Crippen molar-refractivity contribution in [1.29, 1.82) is 0 Å². The van der Waals surface area contributed by atoms with E-state index < -0.39 is 40.7 Å². The van der Waals surface area contributed by atoms with Crippen molar-refractivity contribution in [3.63, 3.8) is 0 Å². The second-order valence-corrected chi connectivity index (χ2v) is 7.29. The first-order valence-corrected chi connectivity index (χ1v) is 9.72. The minimum Gasteiger partial charge on any atom is -0.466 e. The number of benzene rings is 1. The highest BCUT2D eigenvalue weighted by Gasteiger charge is 2.45. The minimum atomic E-state index is -1.44. The molecule has 0 aliphatic heterocycles. The Kier molecular flexibility index (Phi) is 7.53. The molecule has 1 aromatic rings. The van der Waals surface area contributed by atoms with Gasteiger partial charge in [0.2, 0.25) is 0 Å². The van der Waals surface area contributed by atoms with Crippen LogP contribution in [0.5, 0.6) is 0 Å². The Bertz CT molecular complexity index is 685. The van der Waals surface area contributed by atoms with Gasteiger partial charge in [-0.15, -0.1) is 0 Å². The number of carbonyl (C=O) groups excluding carboxylic acids is 2. The van der Waals surface area contributed by atoms with Gasteiger partial charge in [-0.2, -0.15) is 0 Å². The first-order chi connectivity index (χ1) is 12.5. The van der Waals surface area contributed by atoms with E-state index in [0.717, 1.165) is 0 Å². The van der Waals surface area contributed by atoms with Crippen LogP contribution in [0.1, 0.15) is 20.3 Å². The zero-order valence-corrected chi connectivity index (χ0v) is 16.0. The first kappa shape index (κ1) is 20.3. The molecule has 0 saturated carbocycles. The van der Waals surface area contributed by atoms with E-state index in [1.54, 1.807) is 44.2 Å². The van der Waals surface area contributed by atoms with Gasteiger partial charge in [-0.05, 0) is 38.5 Å². The van der Waals surface area contributed by atoms with Crippen molar-refractivity contribution in [1.82, 2.24) is 0 Å². The maximum atomic E-state index is 12.9. The Hall–Kier alpha value is -1.99. The lowest BCUT2D eigenvalue weighted by atomic mass is 9.80. The average Bonchev–Trinajstić information content (AvgIpc) is 2.67. The maximum absolute atomic E-state index is 12.9. The van der Waals surface area contributed by atoms with Crippen molar-refractivity contribution in [3.05, 3.63) is 41.3 Å². The van der Waals surface area contributed by atoms with Gasteiger partial charge in [0.05, 0.1) is 36.0 Å². The third kappa shape index (κ3) is 4.59. The molecule has 1 aliphatic carbocycles. The minimum absolute atomic E-state index is 0.156. The van der Waals surface area contributed by atoms with E-state index in [4.69, 9.17) is 14.2 Å². The van der Waals surface area contributed by atoms with Crippen LogP contribution >= 0.6 is 0 Å². The van der Waals surface area contributed by atoms with Gasteiger partial charge in [0.15, 0.2) is 0 Å². The molecule has 0 aromatic heterocycles. The van der Waals surface area contributed by atoms with Gasteiger partial charge >= 0.3 is 11.9 Å². The lowest BCUT2D eigenvalue weighted by Gasteiger charge is -2.33. The topological polar surface area (TPSA) is 78.9 Å². The number of carbonyl (C=O) groups is 2. The van der Waals surface area contributed by atoms with Gasteiger partial charge in [0.1, 0.15) is 5.92 Å². The Labute approximate surface area is 156 Å². The fraction of sp³-hybridized carbons (Fsp3) is 0.474. The van der Waals surface area contributed by atoms with E-state index in [2.05, 4.69) is 0 Å². The number of ether oxygens (including phenoxy) is 3. The largest absolute Gasteiger partial charge is 0.466 e. The molecule has 0 N–H and O–H groups in total. The van der Waals surface area contributed by atoms with Crippen molar-refractivity contribution in [2.24, 2.45) is 11.8 Å². The summed E-state index contributed by atoms with van der Waals surface area (Å²) in [5.74, 6) is -2.65. The molecule has 1 aromatic carbocycles. The third-order valence-corrected chi connectivity index (χ3v) is 5.65. The Morgan fingerprint density at radius 3 is 2.27 bits per heavy atom. The molecule has 0 heterocycles. The van der Waals surface area contributed by atoms with E-state index >= 15 is 0 Å². The molecule has 0 radical (unpaired) electrons. The normalized spacial score (nSPS) is 23.7. The van der Waals surface area contributed by atoms with Crippen LogP contribution in [0, 0.1) is 11.8 Å². The zero-order valence-electron chi connectivity index (χ0n) is 15.2. The highest BCUT2D eigenvalue weighted by molar-refractivity contribution is 7.89. The number of rotatable bonds is 7. The molecule has 0 amide bonds. The zero-order chi connectivity index (χ0) is 19.1. The average molecular weight is 380 g/mol.